The molecule has 3 rings (SSSR count). The van der Waals surface area contributed by atoms with E-state index in [0.717, 1.165) is 0 Å². The second kappa shape index (κ2) is 7.14. The third kappa shape index (κ3) is 4.66. The molecule has 0 amide bonds. The molecule has 0 radical (unpaired) electrons. The van der Waals surface area contributed by atoms with Crippen LogP contribution in [-0.4, -0.2) is 22.4 Å². The van der Waals surface area contributed by atoms with Gasteiger partial charge in [-0.3, -0.25) is 4.98 Å². The van der Waals surface area contributed by atoms with Crippen molar-refractivity contribution >= 4 is 16.9 Å². The Bertz CT molecular complexity index is 985. The number of carbonyl (C=O) groups is 1. The summed E-state index contributed by atoms with van der Waals surface area (Å²) >= 11 is 0. The monoisotopic (exact) mass is 377 g/mol. The van der Waals surface area contributed by atoms with Gasteiger partial charge in [-0.2, -0.15) is 0 Å². The van der Waals surface area contributed by atoms with Crippen LogP contribution in [0.3, 0.4) is 0 Å². The Morgan fingerprint density at radius 2 is 1.74 bits per heavy atom. The normalized spacial score (nSPS) is 11.4. The fourth-order valence-electron chi connectivity index (χ4n) is 2.59. The van der Waals surface area contributed by atoms with E-state index in [1.165, 1.54) is 42.5 Å². The van der Waals surface area contributed by atoms with Crippen LogP contribution in [0.1, 0.15) is 21.6 Å². The molecule has 0 spiro atoms. The van der Waals surface area contributed by atoms with Crippen LogP contribution in [0.4, 0.5) is 13.2 Å². The molecule has 1 heterocycles. The zero-order chi connectivity index (χ0) is 19.6. The number of fused-ring (bicyclic) bond motifs is 1. The fourth-order valence-corrected chi connectivity index (χ4v) is 2.59. The van der Waals surface area contributed by atoms with Crippen LogP contribution in [0.5, 0.6) is 11.5 Å². The van der Waals surface area contributed by atoms with E-state index in [1.54, 1.807) is 13.0 Å². The number of alkyl halides is 3. The lowest BCUT2D eigenvalue weighted by molar-refractivity contribution is -0.274. The summed E-state index contributed by atoms with van der Waals surface area (Å²) in [5.41, 5.74) is 1.96. The van der Waals surface area contributed by atoms with Crippen molar-refractivity contribution in [2.45, 2.75) is 19.9 Å². The van der Waals surface area contributed by atoms with Crippen LogP contribution in [0.25, 0.3) is 10.9 Å². The van der Waals surface area contributed by atoms with Crippen LogP contribution in [0.2, 0.25) is 0 Å². The first-order valence-electron chi connectivity index (χ1n) is 7.83. The number of aromatic carboxylic acids is 1. The summed E-state index contributed by atoms with van der Waals surface area (Å²) in [5.74, 6) is -0.951. The highest BCUT2D eigenvalue weighted by Crippen LogP contribution is 2.28. The first kappa shape index (κ1) is 18.5. The van der Waals surface area contributed by atoms with Gasteiger partial charge in [-0.25, -0.2) is 4.79 Å². The van der Waals surface area contributed by atoms with Crippen molar-refractivity contribution in [3.63, 3.8) is 0 Å². The largest absolute Gasteiger partial charge is 0.573 e. The summed E-state index contributed by atoms with van der Waals surface area (Å²) in [5, 5.41) is 9.38. The average molecular weight is 377 g/mol. The Balaban J connectivity index is 1.87. The molecule has 0 bridgehead atoms. The minimum Gasteiger partial charge on any atom is -0.489 e. The fraction of sp³-hybridized carbons (Fsp3) is 0.158. The van der Waals surface area contributed by atoms with Gasteiger partial charge in [0.25, 0.3) is 0 Å². The maximum atomic E-state index is 12.5. The third-order valence-corrected chi connectivity index (χ3v) is 3.72. The predicted molar refractivity (Wildman–Crippen MR) is 90.9 cm³/mol. The van der Waals surface area contributed by atoms with E-state index in [9.17, 15) is 18.0 Å². The first-order chi connectivity index (χ1) is 12.7. The van der Waals surface area contributed by atoms with E-state index >= 15 is 0 Å². The number of ether oxygens (including phenoxy) is 2. The van der Waals surface area contributed by atoms with E-state index in [-0.39, 0.29) is 17.9 Å². The van der Waals surface area contributed by atoms with Crippen LogP contribution in [0.15, 0.2) is 48.5 Å². The Morgan fingerprint density at radius 3 is 2.37 bits per heavy atom. The number of carboxylic acid groups (broad SMARTS) is 1. The highest BCUT2D eigenvalue weighted by molar-refractivity contribution is 5.87. The van der Waals surface area contributed by atoms with Crippen molar-refractivity contribution in [2.24, 2.45) is 0 Å². The SMILES string of the molecule is Cc1cc(COc2ccc(C(=O)O)cc2)c2cc(OC(F)(F)F)ccc2n1. The van der Waals surface area contributed by atoms with Gasteiger partial charge in [0.1, 0.15) is 18.1 Å². The van der Waals surface area contributed by atoms with E-state index in [0.29, 0.717) is 27.9 Å². The van der Waals surface area contributed by atoms with Gasteiger partial charge in [-0.05, 0) is 55.5 Å². The topological polar surface area (TPSA) is 68.7 Å². The minimum absolute atomic E-state index is 0.0712. The second-order valence-corrected chi connectivity index (χ2v) is 5.77. The number of halogens is 3. The lowest BCUT2D eigenvalue weighted by Gasteiger charge is -2.13. The quantitative estimate of drug-likeness (QED) is 0.697. The molecule has 5 nitrogen and oxygen atoms in total. The lowest BCUT2D eigenvalue weighted by Crippen LogP contribution is -2.17. The standard InChI is InChI=1S/C19H14F3NO4/c1-11-8-13(10-26-14-4-2-12(3-5-14)18(24)25)16-9-15(27-19(20,21)22)6-7-17(16)23-11/h2-9H,10H2,1H3,(H,24,25). The number of carboxylic acids is 1. The Morgan fingerprint density at radius 1 is 1.07 bits per heavy atom. The van der Waals surface area contributed by atoms with Gasteiger partial charge in [-0.1, -0.05) is 0 Å². The molecule has 1 N–H and O–H groups in total. The van der Waals surface area contributed by atoms with Gasteiger partial charge in [0.2, 0.25) is 0 Å². The van der Waals surface area contributed by atoms with Crippen LogP contribution < -0.4 is 9.47 Å². The molecule has 0 saturated heterocycles. The van der Waals surface area contributed by atoms with Crippen LogP contribution >= 0.6 is 0 Å². The molecule has 0 fully saturated rings. The van der Waals surface area contributed by atoms with Gasteiger partial charge < -0.3 is 14.6 Å². The van der Waals surface area contributed by atoms with Crippen LogP contribution in [0, 0.1) is 6.92 Å². The molecule has 3 aromatic rings. The lowest BCUT2D eigenvalue weighted by atomic mass is 10.1. The van der Waals surface area contributed by atoms with E-state index in [4.69, 9.17) is 9.84 Å². The van der Waals surface area contributed by atoms with Gasteiger partial charge in [0.15, 0.2) is 0 Å². The Kier molecular flexibility index (Phi) is 4.89. The summed E-state index contributed by atoms with van der Waals surface area (Å²) in [6.07, 6.45) is -4.78. The maximum Gasteiger partial charge on any atom is 0.573 e. The second-order valence-electron chi connectivity index (χ2n) is 5.77. The van der Waals surface area contributed by atoms with E-state index < -0.39 is 12.3 Å². The third-order valence-electron chi connectivity index (χ3n) is 3.72. The first-order valence-corrected chi connectivity index (χ1v) is 7.83. The smallest absolute Gasteiger partial charge is 0.489 e. The summed E-state index contributed by atoms with van der Waals surface area (Å²) in [4.78, 5) is 15.2. The number of pyridine rings is 1. The molecule has 0 unspecified atom stereocenters. The van der Waals surface area contributed by atoms with Crippen molar-refractivity contribution in [3.8, 4) is 11.5 Å². The number of aryl methyl sites for hydroxylation is 1. The molecule has 1 aromatic heterocycles. The molecule has 0 aliphatic heterocycles. The van der Waals surface area contributed by atoms with Crippen LogP contribution in [-0.2, 0) is 6.61 Å². The minimum atomic E-state index is -4.78. The molecule has 0 atom stereocenters. The molecular formula is C19H14F3NO4. The van der Waals surface area contributed by atoms with E-state index in [2.05, 4.69) is 9.72 Å². The van der Waals surface area contributed by atoms with Gasteiger partial charge in [0.05, 0.1) is 11.1 Å². The molecule has 0 aliphatic rings. The van der Waals surface area contributed by atoms with Crippen molar-refractivity contribution in [1.29, 1.82) is 0 Å². The molecule has 2 aromatic carbocycles. The Hall–Kier alpha value is -3.29. The predicted octanol–water partition coefficient (Wildman–Crippen LogP) is 4.72. The number of rotatable bonds is 5. The van der Waals surface area contributed by atoms with Crippen molar-refractivity contribution in [2.75, 3.05) is 0 Å². The highest BCUT2D eigenvalue weighted by Gasteiger charge is 2.31. The molecule has 0 saturated carbocycles. The Labute approximate surface area is 152 Å². The van der Waals surface area contributed by atoms with Crippen molar-refractivity contribution < 1.29 is 32.5 Å². The molecule has 27 heavy (non-hydrogen) atoms. The maximum absolute atomic E-state index is 12.5. The zero-order valence-electron chi connectivity index (χ0n) is 14.1. The molecule has 0 aliphatic carbocycles. The van der Waals surface area contributed by atoms with Gasteiger partial charge in [0, 0.05) is 16.6 Å². The molecular weight excluding hydrogens is 363 g/mol. The van der Waals surface area contributed by atoms with Crippen molar-refractivity contribution in [1.82, 2.24) is 4.98 Å². The summed E-state index contributed by atoms with van der Waals surface area (Å²) < 4.78 is 47.0. The highest BCUT2D eigenvalue weighted by atomic mass is 19.4. The van der Waals surface area contributed by atoms with Crippen molar-refractivity contribution in [3.05, 3.63) is 65.4 Å². The molecule has 8 heteroatoms. The number of hydrogen-bond acceptors (Lipinski definition) is 4. The van der Waals surface area contributed by atoms with E-state index in [1.807, 2.05) is 0 Å². The summed E-state index contributed by atoms with van der Waals surface area (Å²) in [6, 6.07) is 11.5. The summed E-state index contributed by atoms with van der Waals surface area (Å²) in [7, 11) is 0. The van der Waals surface area contributed by atoms with Gasteiger partial charge in [-0.15, -0.1) is 13.2 Å². The van der Waals surface area contributed by atoms with Gasteiger partial charge >= 0.3 is 12.3 Å². The zero-order valence-corrected chi connectivity index (χ0v) is 14.1. The number of hydrogen-bond donors (Lipinski definition) is 1. The molecule has 140 valence electrons. The average Bonchev–Trinajstić information content (AvgIpc) is 2.59. The number of benzene rings is 2. The number of nitrogens with zero attached hydrogens (tertiary/aromatic N) is 1. The number of aromatic nitrogens is 1. The summed E-state index contributed by atoms with van der Waals surface area (Å²) in [6.45, 7) is 1.84.